The Hall–Kier alpha value is -1.34. The van der Waals surface area contributed by atoms with Crippen molar-refractivity contribution >= 4 is 12.0 Å². The molecule has 0 heterocycles. The molecule has 0 bridgehead atoms. The summed E-state index contributed by atoms with van der Waals surface area (Å²) >= 11 is 0. The average Bonchev–Trinajstić information content (AvgIpc) is 2.94. The van der Waals surface area contributed by atoms with Crippen molar-refractivity contribution in [2.45, 2.75) is 32.1 Å². The largest absolute Gasteiger partial charge is 0.481 e. The highest BCUT2D eigenvalue weighted by Crippen LogP contribution is 2.37. The molecule has 0 aromatic heterocycles. The van der Waals surface area contributed by atoms with Crippen LogP contribution in [-0.4, -0.2) is 57.1 Å². The minimum Gasteiger partial charge on any atom is -0.481 e. The monoisotopic (exact) mass is 302 g/mol. The van der Waals surface area contributed by atoms with E-state index in [9.17, 15) is 14.7 Å². The van der Waals surface area contributed by atoms with E-state index < -0.39 is 11.4 Å². The molecule has 0 aliphatic heterocycles. The lowest BCUT2D eigenvalue weighted by molar-refractivity contribution is -0.148. The average molecular weight is 302 g/mol. The van der Waals surface area contributed by atoms with Gasteiger partial charge in [-0.2, -0.15) is 0 Å². The molecule has 0 aromatic carbocycles. The molecule has 21 heavy (non-hydrogen) atoms. The highest BCUT2D eigenvalue weighted by atomic mass is 16.5. The second kappa shape index (κ2) is 9.57. The Morgan fingerprint density at radius 1 is 1.14 bits per heavy atom. The molecule has 7 heteroatoms. The van der Waals surface area contributed by atoms with Gasteiger partial charge in [0.25, 0.3) is 0 Å². The number of carbonyl (C=O) groups excluding carboxylic acids is 1. The first kappa shape index (κ1) is 17.7. The highest BCUT2D eigenvalue weighted by molar-refractivity contribution is 5.78. The zero-order valence-electron chi connectivity index (χ0n) is 12.7. The molecule has 2 amide bonds. The number of rotatable bonds is 10. The summed E-state index contributed by atoms with van der Waals surface area (Å²) in [5, 5.41) is 14.7. The van der Waals surface area contributed by atoms with Crippen LogP contribution in [0.15, 0.2) is 0 Å². The maximum absolute atomic E-state index is 11.6. The number of methoxy groups -OCH3 is 1. The first-order valence-corrected chi connectivity index (χ1v) is 7.42. The van der Waals surface area contributed by atoms with Crippen LogP contribution in [0, 0.1) is 5.41 Å². The van der Waals surface area contributed by atoms with Crippen molar-refractivity contribution in [2.75, 3.05) is 40.0 Å². The quantitative estimate of drug-likeness (QED) is 0.523. The van der Waals surface area contributed by atoms with Gasteiger partial charge in [-0.05, 0) is 19.3 Å². The number of aliphatic carboxylic acids is 1. The Morgan fingerprint density at radius 2 is 1.86 bits per heavy atom. The van der Waals surface area contributed by atoms with Crippen LogP contribution in [-0.2, 0) is 14.3 Å². The molecule has 0 unspecified atom stereocenters. The molecule has 0 saturated heterocycles. The van der Waals surface area contributed by atoms with E-state index in [1.165, 1.54) is 0 Å². The van der Waals surface area contributed by atoms with Gasteiger partial charge in [0.2, 0.25) is 0 Å². The topological polar surface area (TPSA) is 96.9 Å². The maximum atomic E-state index is 11.6. The zero-order chi connectivity index (χ0) is 15.6. The van der Waals surface area contributed by atoms with Gasteiger partial charge in [0.15, 0.2) is 0 Å². The molecule has 1 fully saturated rings. The lowest BCUT2D eigenvalue weighted by Crippen LogP contribution is -2.45. The van der Waals surface area contributed by atoms with Crippen molar-refractivity contribution in [2.24, 2.45) is 5.41 Å². The van der Waals surface area contributed by atoms with Crippen molar-refractivity contribution in [3.05, 3.63) is 0 Å². The number of carboxylic acids is 1. The van der Waals surface area contributed by atoms with Gasteiger partial charge in [0.05, 0.1) is 18.6 Å². The minimum absolute atomic E-state index is 0.193. The van der Waals surface area contributed by atoms with Crippen LogP contribution in [0.25, 0.3) is 0 Å². The highest BCUT2D eigenvalue weighted by Gasteiger charge is 2.41. The first-order valence-electron chi connectivity index (χ1n) is 7.42. The van der Waals surface area contributed by atoms with Gasteiger partial charge < -0.3 is 25.2 Å². The third kappa shape index (κ3) is 6.31. The van der Waals surface area contributed by atoms with E-state index in [2.05, 4.69) is 10.6 Å². The van der Waals surface area contributed by atoms with Gasteiger partial charge in [-0.25, -0.2) is 4.79 Å². The molecule has 0 radical (unpaired) electrons. The molecule has 1 aliphatic rings. The maximum Gasteiger partial charge on any atom is 0.314 e. The SMILES string of the molecule is COCCOCCCNC(=O)NCC1(C(=O)O)CCCC1. The van der Waals surface area contributed by atoms with Gasteiger partial charge in [-0.15, -0.1) is 0 Å². The summed E-state index contributed by atoms with van der Waals surface area (Å²) in [5.41, 5.74) is -0.777. The number of carboxylic acid groups (broad SMARTS) is 1. The summed E-state index contributed by atoms with van der Waals surface area (Å²) in [5.74, 6) is -0.813. The normalized spacial score (nSPS) is 16.6. The van der Waals surface area contributed by atoms with Gasteiger partial charge >= 0.3 is 12.0 Å². The van der Waals surface area contributed by atoms with Crippen molar-refractivity contribution < 1.29 is 24.2 Å². The summed E-state index contributed by atoms with van der Waals surface area (Å²) in [4.78, 5) is 22.9. The fraction of sp³-hybridized carbons (Fsp3) is 0.857. The van der Waals surface area contributed by atoms with Gasteiger partial charge in [0.1, 0.15) is 0 Å². The number of urea groups is 1. The van der Waals surface area contributed by atoms with E-state index in [-0.39, 0.29) is 12.6 Å². The molecule has 0 atom stereocenters. The van der Waals surface area contributed by atoms with E-state index >= 15 is 0 Å². The minimum atomic E-state index is -0.813. The summed E-state index contributed by atoms with van der Waals surface area (Å²) in [6, 6.07) is -0.320. The van der Waals surface area contributed by atoms with Crippen molar-refractivity contribution in [3.63, 3.8) is 0 Å². The fourth-order valence-electron chi connectivity index (χ4n) is 2.45. The van der Waals surface area contributed by atoms with E-state index in [4.69, 9.17) is 9.47 Å². The van der Waals surface area contributed by atoms with Crippen LogP contribution in [0.1, 0.15) is 32.1 Å². The lowest BCUT2D eigenvalue weighted by Gasteiger charge is -2.24. The Kier molecular flexibility index (Phi) is 8.07. The van der Waals surface area contributed by atoms with Crippen LogP contribution in [0.5, 0.6) is 0 Å². The van der Waals surface area contributed by atoms with E-state index in [1.807, 2.05) is 0 Å². The Morgan fingerprint density at radius 3 is 2.48 bits per heavy atom. The third-order valence-corrected chi connectivity index (χ3v) is 3.78. The molecule has 7 nitrogen and oxygen atoms in total. The summed E-state index contributed by atoms with van der Waals surface area (Å²) in [6.07, 6.45) is 3.80. The molecule has 1 saturated carbocycles. The molecular weight excluding hydrogens is 276 g/mol. The number of amides is 2. The standard InChI is InChI=1S/C14H26N2O5/c1-20-9-10-21-8-4-7-15-13(19)16-11-14(12(17)18)5-2-3-6-14/h2-11H2,1H3,(H,17,18)(H2,15,16,19). The number of hydrogen-bond donors (Lipinski definition) is 3. The first-order chi connectivity index (χ1) is 10.1. The van der Waals surface area contributed by atoms with Gasteiger partial charge in [-0.3, -0.25) is 4.79 Å². The molecule has 1 rings (SSSR count). The van der Waals surface area contributed by atoms with E-state index in [0.29, 0.717) is 45.6 Å². The predicted octanol–water partition coefficient (Wildman–Crippen LogP) is 0.984. The van der Waals surface area contributed by atoms with Crippen molar-refractivity contribution in [1.29, 1.82) is 0 Å². The number of carbonyl (C=O) groups is 2. The molecule has 1 aliphatic carbocycles. The van der Waals surface area contributed by atoms with E-state index in [1.54, 1.807) is 7.11 Å². The van der Waals surface area contributed by atoms with E-state index in [0.717, 1.165) is 12.8 Å². The smallest absolute Gasteiger partial charge is 0.314 e. The van der Waals surface area contributed by atoms with Gasteiger partial charge in [-0.1, -0.05) is 12.8 Å². The van der Waals surface area contributed by atoms with Crippen molar-refractivity contribution in [3.8, 4) is 0 Å². The number of hydrogen-bond acceptors (Lipinski definition) is 4. The molecular formula is C14H26N2O5. The summed E-state index contributed by atoms with van der Waals surface area (Å²) < 4.78 is 10.1. The Bertz CT molecular complexity index is 329. The third-order valence-electron chi connectivity index (χ3n) is 3.78. The Labute approximate surface area is 125 Å². The van der Waals surface area contributed by atoms with Crippen LogP contribution in [0.4, 0.5) is 4.79 Å². The van der Waals surface area contributed by atoms with Crippen LogP contribution in [0.2, 0.25) is 0 Å². The van der Waals surface area contributed by atoms with Crippen LogP contribution in [0.3, 0.4) is 0 Å². The second-order valence-electron chi connectivity index (χ2n) is 5.36. The molecule has 122 valence electrons. The second-order valence-corrected chi connectivity index (χ2v) is 5.36. The zero-order valence-corrected chi connectivity index (χ0v) is 12.7. The summed E-state index contributed by atoms with van der Waals surface area (Å²) in [7, 11) is 1.61. The van der Waals surface area contributed by atoms with Crippen LogP contribution >= 0.6 is 0 Å². The fourth-order valence-corrected chi connectivity index (χ4v) is 2.45. The molecule has 0 aromatic rings. The lowest BCUT2D eigenvalue weighted by atomic mass is 9.86. The summed E-state index contributed by atoms with van der Waals surface area (Å²) in [6.45, 7) is 2.36. The Balaban J connectivity index is 2.09. The number of ether oxygens (including phenoxy) is 2. The molecule has 3 N–H and O–H groups in total. The van der Waals surface area contributed by atoms with Gasteiger partial charge in [0, 0.05) is 26.8 Å². The molecule has 0 spiro atoms. The van der Waals surface area contributed by atoms with Crippen LogP contribution < -0.4 is 10.6 Å². The predicted molar refractivity (Wildman–Crippen MR) is 77.3 cm³/mol. The van der Waals surface area contributed by atoms with Crippen molar-refractivity contribution in [1.82, 2.24) is 10.6 Å². The number of nitrogens with one attached hydrogen (secondary N) is 2.